The van der Waals surface area contributed by atoms with Gasteiger partial charge >= 0.3 is 5.76 Å². The van der Waals surface area contributed by atoms with Crippen LogP contribution in [0.2, 0.25) is 10.0 Å². The number of carbonyl (C=O) groups excluding carboxylic acids is 1. The fourth-order valence-electron chi connectivity index (χ4n) is 3.31. The van der Waals surface area contributed by atoms with Crippen molar-refractivity contribution in [3.63, 3.8) is 0 Å². The number of amides is 1. The molecule has 2 aromatic heterocycles. The number of hydrogen-bond acceptors (Lipinski definition) is 6. The molecule has 1 amide bonds. The van der Waals surface area contributed by atoms with E-state index in [1.165, 1.54) is 25.0 Å². The molecule has 156 valence electrons. The van der Waals surface area contributed by atoms with Crippen LogP contribution in [-0.2, 0) is 0 Å². The average molecular weight is 457 g/mol. The van der Waals surface area contributed by atoms with Gasteiger partial charge in [0, 0.05) is 17.0 Å². The third-order valence-corrected chi connectivity index (χ3v) is 5.53. The zero-order chi connectivity index (χ0) is 21.7. The fraction of sp³-hybridized carbons (Fsp3) is 0.143. The van der Waals surface area contributed by atoms with Crippen molar-refractivity contribution in [1.29, 1.82) is 0 Å². The van der Waals surface area contributed by atoms with Crippen LogP contribution in [0.25, 0.3) is 16.6 Å². The summed E-state index contributed by atoms with van der Waals surface area (Å²) in [5.74, 6) is -0.929. The van der Waals surface area contributed by atoms with E-state index in [9.17, 15) is 9.59 Å². The summed E-state index contributed by atoms with van der Waals surface area (Å²) in [6.45, 7) is 0. The molecule has 0 atom stereocenters. The SMILES string of the molecule is NC(=O)c1noc(=O)n1-c1cc(Cl)c(Oc2ccc3nc(C4CC4)ccc3c2)c(Cl)c1. The quantitative estimate of drug-likeness (QED) is 0.474. The third kappa shape index (κ3) is 3.64. The smallest absolute Gasteiger partial charge is 0.446 e. The molecule has 0 radical (unpaired) electrons. The van der Waals surface area contributed by atoms with E-state index >= 15 is 0 Å². The van der Waals surface area contributed by atoms with Gasteiger partial charge in [0.15, 0.2) is 5.75 Å². The van der Waals surface area contributed by atoms with Gasteiger partial charge in [-0.1, -0.05) is 29.3 Å². The van der Waals surface area contributed by atoms with Gasteiger partial charge in [0.1, 0.15) is 5.75 Å². The van der Waals surface area contributed by atoms with Crippen LogP contribution in [0, 0.1) is 0 Å². The van der Waals surface area contributed by atoms with Crippen LogP contribution in [0.4, 0.5) is 0 Å². The molecule has 0 spiro atoms. The number of benzene rings is 2. The normalized spacial score (nSPS) is 13.5. The van der Waals surface area contributed by atoms with Crippen molar-refractivity contribution < 1.29 is 14.1 Å². The molecule has 10 heteroatoms. The number of nitrogens with two attached hydrogens (primary N) is 1. The number of nitrogens with zero attached hydrogens (tertiary/aromatic N) is 3. The summed E-state index contributed by atoms with van der Waals surface area (Å²) >= 11 is 12.7. The highest BCUT2D eigenvalue weighted by atomic mass is 35.5. The van der Waals surface area contributed by atoms with E-state index in [2.05, 4.69) is 9.68 Å². The van der Waals surface area contributed by atoms with Gasteiger partial charge in [-0.05, 0) is 54.4 Å². The lowest BCUT2D eigenvalue weighted by Gasteiger charge is -2.12. The average Bonchev–Trinajstić information content (AvgIpc) is 3.51. The highest BCUT2D eigenvalue weighted by Crippen LogP contribution is 2.41. The number of aromatic nitrogens is 3. The highest BCUT2D eigenvalue weighted by Gasteiger charge is 2.25. The van der Waals surface area contributed by atoms with E-state index < -0.39 is 11.7 Å². The summed E-state index contributed by atoms with van der Waals surface area (Å²) in [5.41, 5.74) is 7.39. The predicted octanol–water partition coefficient (Wildman–Crippen LogP) is 4.45. The van der Waals surface area contributed by atoms with Crippen LogP contribution in [0.3, 0.4) is 0 Å². The van der Waals surface area contributed by atoms with Gasteiger partial charge in [-0.2, -0.15) is 0 Å². The zero-order valence-electron chi connectivity index (χ0n) is 15.8. The Kier molecular flexibility index (Phi) is 4.68. The Hall–Kier alpha value is -3.36. The monoisotopic (exact) mass is 456 g/mol. The maximum Gasteiger partial charge on any atom is 0.446 e. The molecular weight excluding hydrogens is 443 g/mol. The third-order valence-electron chi connectivity index (χ3n) is 4.96. The Labute approximate surface area is 185 Å². The molecule has 4 aromatic rings. The number of primary amides is 1. The Morgan fingerprint density at radius 1 is 1.13 bits per heavy atom. The van der Waals surface area contributed by atoms with Gasteiger partial charge in [-0.25, -0.2) is 9.36 Å². The van der Waals surface area contributed by atoms with E-state index in [4.69, 9.17) is 38.7 Å². The van der Waals surface area contributed by atoms with Crippen molar-refractivity contribution in [2.45, 2.75) is 18.8 Å². The molecular formula is C21H14Cl2N4O4. The van der Waals surface area contributed by atoms with Gasteiger partial charge in [0.25, 0.3) is 5.91 Å². The first-order chi connectivity index (χ1) is 14.9. The number of hydrogen-bond donors (Lipinski definition) is 1. The largest absolute Gasteiger partial charge is 0.454 e. The fourth-order valence-corrected chi connectivity index (χ4v) is 3.87. The summed E-state index contributed by atoms with van der Waals surface area (Å²) in [4.78, 5) is 28.1. The summed E-state index contributed by atoms with van der Waals surface area (Å²) in [6.07, 6.45) is 2.38. The first kappa shape index (κ1) is 19.6. The minimum Gasteiger partial charge on any atom is -0.454 e. The highest BCUT2D eigenvalue weighted by molar-refractivity contribution is 6.37. The molecule has 2 aromatic carbocycles. The van der Waals surface area contributed by atoms with Crippen LogP contribution in [-0.4, -0.2) is 20.6 Å². The van der Waals surface area contributed by atoms with Crippen molar-refractivity contribution in [2.75, 3.05) is 0 Å². The van der Waals surface area contributed by atoms with Gasteiger partial charge in [0.2, 0.25) is 5.82 Å². The molecule has 8 nitrogen and oxygen atoms in total. The van der Waals surface area contributed by atoms with E-state index in [0.29, 0.717) is 11.7 Å². The van der Waals surface area contributed by atoms with Gasteiger partial charge < -0.3 is 10.5 Å². The second-order valence-electron chi connectivity index (χ2n) is 7.18. The summed E-state index contributed by atoms with van der Waals surface area (Å²) in [7, 11) is 0. The summed E-state index contributed by atoms with van der Waals surface area (Å²) in [6, 6.07) is 12.3. The molecule has 1 aliphatic rings. The van der Waals surface area contributed by atoms with Crippen molar-refractivity contribution in [3.05, 3.63) is 74.6 Å². The van der Waals surface area contributed by atoms with Gasteiger partial charge in [0.05, 0.1) is 21.2 Å². The van der Waals surface area contributed by atoms with Gasteiger partial charge in [-0.15, -0.1) is 0 Å². The maximum absolute atomic E-state index is 11.9. The van der Waals surface area contributed by atoms with Crippen LogP contribution in [0.5, 0.6) is 11.5 Å². The molecule has 1 fully saturated rings. The topological polar surface area (TPSA) is 113 Å². The number of rotatable bonds is 5. The molecule has 2 N–H and O–H groups in total. The predicted molar refractivity (Wildman–Crippen MR) is 114 cm³/mol. The van der Waals surface area contributed by atoms with Crippen molar-refractivity contribution >= 4 is 40.0 Å². The first-order valence-electron chi connectivity index (χ1n) is 9.37. The van der Waals surface area contributed by atoms with Crippen LogP contribution < -0.4 is 16.2 Å². The number of fused-ring (bicyclic) bond motifs is 1. The number of pyridine rings is 1. The summed E-state index contributed by atoms with van der Waals surface area (Å²) < 4.78 is 11.3. The lowest BCUT2D eigenvalue weighted by atomic mass is 10.1. The lowest BCUT2D eigenvalue weighted by Crippen LogP contribution is -2.22. The second kappa shape index (κ2) is 7.40. The molecule has 31 heavy (non-hydrogen) atoms. The van der Waals surface area contributed by atoms with Crippen molar-refractivity contribution in [1.82, 2.24) is 14.7 Å². The molecule has 0 bridgehead atoms. The maximum atomic E-state index is 11.9. The molecule has 5 rings (SSSR count). The Morgan fingerprint density at radius 3 is 2.55 bits per heavy atom. The molecule has 0 saturated heterocycles. The molecule has 0 aliphatic heterocycles. The van der Waals surface area contributed by atoms with E-state index in [1.54, 1.807) is 6.07 Å². The van der Waals surface area contributed by atoms with E-state index in [-0.39, 0.29) is 27.3 Å². The standard InChI is InChI=1S/C21H14Cl2N4O4/c22-14-8-12(27-20(19(24)28)26-31-21(27)29)9-15(23)18(14)30-13-4-6-17-11(7-13)3-5-16(25-17)10-1-2-10/h3-10H,1-2H2,(H2,24,28). The molecule has 2 heterocycles. The van der Waals surface area contributed by atoms with Crippen molar-refractivity contribution in [2.24, 2.45) is 5.73 Å². The van der Waals surface area contributed by atoms with Crippen LogP contribution in [0.1, 0.15) is 35.1 Å². The molecule has 0 unspecified atom stereocenters. The minimum atomic E-state index is -0.937. The number of halogens is 2. The molecule has 1 saturated carbocycles. The van der Waals surface area contributed by atoms with Gasteiger partial charge in [-0.3, -0.25) is 14.3 Å². The zero-order valence-corrected chi connectivity index (χ0v) is 17.4. The van der Waals surface area contributed by atoms with Crippen molar-refractivity contribution in [3.8, 4) is 17.2 Å². The van der Waals surface area contributed by atoms with E-state index in [1.807, 2.05) is 24.3 Å². The minimum absolute atomic E-state index is 0.119. The second-order valence-corrected chi connectivity index (χ2v) is 7.99. The number of carbonyl (C=O) groups is 1. The van der Waals surface area contributed by atoms with E-state index in [0.717, 1.165) is 21.2 Å². The first-order valence-corrected chi connectivity index (χ1v) is 10.1. The number of ether oxygens (including phenoxy) is 1. The Balaban J connectivity index is 1.49. The van der Waals surface area contributed by atoms with Crippen LogP contribution in [0.15, 0.2) is 51.8 Å². The summed E-state index contributed by atoms with van der Waals surface area (Å²) in [5, 5.41) is 4.53. The lowest BCUT2D eigenvalue weighted by molar-refractivity contribution is 0.0985. The van der Waals surface area contributed by atoms with Crippen LogP contribution >= 0.6 is 23.2 Å². The molecule has 1 aliphatic carbocycles. The Bertz CT molecular complexity index is 1390. The Morgan fingerprint density at radius 2 is 1.87 bits per heavy atom.